The maximum absolute atomic E-state index is 3.18. The summed E-state index contributed by atoms with van der Waals surface area (Å²) in [4.78, 5) is 0. The second-order valence-electron chi connectivity index (χ2n) is 2.47. The zero-order valence-electron chi connectivity index (χ0n) is 4.72. The molecule has 1 aliphatic carbocycles. The van der Waals surface area contributed by atoms with Crippen LogP contribution in [0.2, 0.25) is 0 Å². The summed E-state index contributed by atoms with van der Waals surface area (Å²) in [5, 5.41) is 0. The lowest BCUT2D eigenvalue weighted by atomic mass is 10.1. The number of hydrogen-bond donors (Lipinski definition) is 2. The van der Waals surface area contributed by atoms with Gasteiger partial charge < -0.3 is 0 Å². The van der Waals surface area contributed by atoms with E-state index in [0.717, 1.165) is 12.5 Å². The molecule has 0 spiro atoms. The average Bonchev–Trinajstić information content (AvgIpc) is 2.15. The molecule has 0 radical (unpaired) electrons. The summed E-state index contributed by atoms with van der Waals surface area (Å²) in [6, 6.07) is 0.634. The molecule has 1 saturated heterocycles. The predicted molar refractivity (Wildman–Crippen MR) is 32.2 cm³/mol. The average molecular weight is 110 g/mol. The molecule has 2 rings (SSSR count). The Morgan fingerprint density at radius 1 is 1.50 bits per heavy atom. The van der Waals surface area contributed by atoms with Crippen LogP contribution in [0.3, 0.4) is 0 Å². The molecule has 2 heteroatoms. The zero-order valence-corrected chi connectivity index (χ0v) is 4.72. The molecule has 0 aromatic rings. The lowest BCUT2D eigenvalue weighted by Gasteiger charge is -2.02. The van der Waals surface area contributed by atoms with E-state index in [4.69, 9.17) is 0 Å². The zero-order chi connectivity index (χ0) is 5.40. The highest BCUT2D eigenvalue weighted by molar-refractivity contribution is 5.07. The van der Waals surface area contributed by atoms with Crippen LogP contribution in [0.25, 0.3) is 0 Å². The topological polar surface area (TPSA) is 24.1 Å². The van der Waals surface area contributed by atoms with Crippen LogP contribution < -0.4 is 10.9 Å². The summed E-state index contributed by atoms with van der Waals surface area (Å²) in [6.45, 7) is 1.14. The number of fused-ring (bicyclic) bond motifs is 1. The van der Waals surface area contributed by atoms with Gasteiger partial charge in [0.25, 0.3) is 0 Å². The van der Waals surface area contributed by atoms with Crippen LogP contribution in [0.5, 0.6) is 0 Å². The standard InChI is InChI=1S/C6H10N2/c1-2-5-4-7-8-6(5)3-1/h1,3,5-8H,2,4H2/t5-,6-/m0/s1. The fourth-order valence-corrected chi connectivity index (χ4v) is 1.39. The quantitative estimate of drug-likeness (QED) is 0.430. The highest BCUT2D eigenvalue weighted by atomic mass is 15.4. The molecule has 2 aliphatic rings. The van der Waals surface area contributed by atoms with Crippen molar-refractivity contribution in [2.24, 2.45) is 5.92 Å². The van der Waals surface area contributed by atoms with E-state index in [0.29, 0.717) is 6.04 Å². The molecule has 0 saturated carbocycles. The molecule has 0 aromatic heterocycles. The largest absolute Gasteiger partial charge is 0.257 e. The SMILES string of the molecule is C1=C[C@@H]2NNC[C@@H]2C1. The maximum Gasteiger partial charge on any atom is 0.0436 e. The van der Waals surface area contributed by atoms with Gasteiger partial charge in [0.05, 0.1) is 0 Å². The fourth-order valence-electron chi connectivity index (χ4n) is 1.39. The summed E-state index contributed by atoms with van der Waals surface area (Å²) in [5.74, 6) is 0.843. The van der Waals surface area contributed by atoms with Crippen LogP contribution >= 0.6 is 0 Å². The second-order valence-corrected chi connectivity index (χ2v) is 2.47. The van der Waals surface area contributed by atoms with Gasteiger partial charge in [-0.2, -0.15) is 0 Å². The summed E-state index contributed by atoms with van der Waals surface area (Å²) in [6.07, 6.45) is 5.75. The minimum Gasteiger partial charge on any atom is -0.257 e. The Morgan fingerprint density at radius 3 is 3.38 bits per heavy atom. The third-order valence-electron chi connectivity index (χ3n) is 1.92. The third-order valence-corrected chi connectivity index (χ3v) is 1.92. The van der Waals surface area contributed by atoms with E-state index in [9.17, 15) is 0 Å². The normalized spacial score (nSPS) is 43.0. The van der Waals surface area contributed by atoms with Crippen molar-refractivity contribution in [3.63, 3.8) is 0 Å². The molecule has 0 amide bonds. The number of hydrogen-bond acceptors (Lipinski definition) is 2. The predicted octanol–water partition coefficient (Wildman–Crippen LogP) is 0.0389. The van der Waals surface area contributed by atoms with Crippen LogP contribution in [0, 0.1) is 5.92 Å². The molecular weight excluding hydrogens is 100 g/mol. The van der Waals surface area contributed by atoms with Crippen LogP contribution in [0.1, 0.15) is 6.42 Å². The van der Waals surface area contributed by atoms with Gasteiger partial charge in [-0.1, -0.05) is 12.2 Å². The third kappa shape index (κ3) is 0.501. The number of rotatable bonds is 0. The van der Waals surface area contributed by atoms with Crippen molar-refractivity contribution in [1.29, 1.82) is 0 Å². The molecule has 2 atom stereocenters. The van der Waals surface area contributed by atoms with Gasteiger partial charge in [-0.05, 0) is 12.3 Å². The van der Waals surface area contributed by atoms with Crippen molar-refractivity contribution in [1.82, 2.24) is 10.9 Å². The molecule has 2 nitrogen and oxygen atoms in total. The molecule has 2 N–H and O–H groups in total. The molecular formula is C6H10N2. The Labute approximate surface area is 48.9 Å². The maximum atomic E-state index is 3.18. The number of nitrogens with one attached hydrogen (secondary N) is 2. The van der Waals surface area contributed by atoms with E-state index in [1.165, 1.54) is 6.42 Å². The summed E-state index contributed by atoms with van der Waals surface area (Å²) >= 11 is 0. The van der Waals surface area contributed by atoms with Crippen molar-refractivity contribution in [3.05, 3.63) is 12.2 Å². The fraction of sp³-hybridized carbons (Fsp3) is 0.667. The first-order valence-corrected chi connectivity index (χ1v) is 3.12. The van der Waals surface area contributed by atoms with E-state index in [2.05, 4.69) is 23.0 Å². The van der Waals surface area contributed by atoms with Gasteiger partial charge in [-0.15, -0.1) is 0 Å². The van der Waals surface area contributed by atoms with Gasteiger partial charge in [0.1, 0.15) is 0 Å². The van der Waals surface area contributed by atoms with Gasteiger partial charge >= 0.3 is 0 Å². The first-order valence-electron chi connectivity index (χ1n) is 3.12. The van der Waals surface area contributed by atoms with Crippen LogP contribution in [-0.4, -0.2) is 12.6 Å². The van der Waals surface area contributed by atoms with Crippen molar-refractivity contribution in [2.75, 3.05) is 6.54 Å². The van der Waals surface area contributed by atoms with Gasteiger partial charge in [0.15, 0.2) is 0 Å². The van der Waals surface area contributed by atoms with Crippen LogP contribution in [0.15, 0.2) is 12.2 Å². The highest BCUT2D eigenvalue weighted by Gasteiger charge is 2.26. The Bertz CT molecular complexity index is 120. The highest BCUT2D eigenvalue weighted by Crippen LogP contribution is 2.19. The van der Waals surface area contributed by atoms with Crippen LogP contribution in [-0.2, 0) is 0 Å². The molecule has 1 heterocycles. The summed E-state index contributed by atoms with van der Waals surface area (Å²) in [7, 11) is 0. The monoisotopic (exact) mass is 110 g/mol. The Morgan fingerprint density at radius 2 is 2.50 bits per heavy atom. The molecule has 44 valence electrons. The van der Waals surface area contributed by atoms with E-state index in [1.807, 2.05) is 0 Å². The van der Waals surface area contributed by atoms with E-state index < -0.39 is 0 Å². The Balaban J connectivity index is 2.13. The minimum atomic E-state index is 0.634. The van der Waals surface area contributed by atoms with Crippen molar-refractivity contribution >= 4 is 0 Å². The smallest absolute Gasteiger partial charge is 0.0436 e. The number of hydrazine groups is 1. The van der Waals surface area contributed by atoms with Crippen molar-refractivity contribution in [3.8, 4) is 0 Å². The molecule has 0 bridgehead atoms. The molecule has 0 aromatic carbocycles. The van der Waals surface area contributed by atoms with Crippen molar-refractivity contribution < 1.29 is 0 Å². The van der Waals surface area contributed by atoms with E-state index >= 15 is 0 Å². The van der Waals surface area contributed by atoms with Crippen LogP contribution in [0.4, 0.5) is 0 Å². The van der Waals surface area contributed by atoms with Crippen molar-refractivity contribution in [2.45, 2.75) is 12.5 Å². The first-order chi connectivity index (χ1) is 3.97. The minimum absolute atomic E-state index is 0.634. The molecule has 1 fully saturated rings. The Kier molecular flexibility index (Phi) is 0.889. The number of allylic oxidation sites excluding steroid dienone is 1. The van der Waals surface area contributed by atoms with Gasteiger partial charge in [0, 0.05) is 12.6 Å². The van der Waals surface area contributed by atoms with Gasteiger partial charge in [0.2, 0.25) is 0 Å². The van der Waals surface area contributed by atoms with E-state index in [1.54, 1.807) is 0 Å². The van der Waals surface area contributed by atoms with E-state index in [-0.39, 0.29) is 0 Å². The summed E-state index contributed by atoms with van der Waals surface area (Å²) in [5.41, 5.74) is 6.30. The Hall–Kier alpha value is -0.340. The second kappa shape index (κ2) is 1.57. The molecule has 0 unspecified atom stereocenters. The lowest BCUT2D eigenvalue weighted by molar-refractivity contribution is 0.570. The van der Waals surface area contributed by atoms with Gasteiger partial charge in [-0.3, -0.25) is 10.9 Å². The van der Waals surface area contributed by atoms with Gasteiger partial charge in [-0.25, -0.2) is 0 Å². The molecule has 1 aliphatic heterocycles. The first kappa shape index (κ1) is 4.53. The lowest BCUT2D eigenvalue weighted by Crippen LogP contribution is -2.28. The molecule has 8 heavy (non-hydrogen) atoms. The summed E-state index contributed by atoms with van der Waals surface area (Å²) < 4.78 is 0.